The molecule has 2 heterocycles. The number of hydrogen-bond donors (Lipinski definition) is 2. The summed E-state index contributed by atoms with van der Waals surface area (Å²) in [7, 11) is -3.92. The predicted octanol–water partition coefficient (Wildman–Crippen LogP) is 2.54. The molecule has 1 amide bonds. The van der Waals surface area contributed by atoms with Crippen LogP contribution >= 0.6 is 0 Å². The van der Waals surface area contributed by atoms with Gasteiger partial charge in [0.15, 0.2) is 23.0 Å². The maximum absolute atomic E-state index is 12.5. The van der Waals surface area contributed by atoms with Crippen molar-refractivity contribution in [1.82, 2.24) is 4.72 Å². The lowest BCUT2D eigenvalue weighted by Crippen LogP contribution is -2.40. The summed E-state index contributed by atoms with van der Waals surface area (Å²) in [4.78, 5) is 24.4. The Bertz CT molecular complexity index is 1050. The number of carbonyl (C=O) groups is 2. The topological polar surface area (TPSA) is 124 Å². The van der Waals surface area contributed by atoms with Crippen molar-refractivity contribution in [3.05, 3.63) is 35.6 Å². The number of hydrogen-bond acceptors (Lipinski definition) is 7. The van der Waals surface area contributed by atoms with E-state index in [1.807, 2.05) is 0 Å². The summed E-state index contributed by atoms with van der Waals surface area (Å²) in [5.41, 5.74) is -0.279. The molecule has 1 aliphatic heterocycles. The molecule has 0 spiro atoms. The minimum Gasteiger partial charge on any atom is -0.454 e. The van der Waals surface area contributed by atoms with Crippen LogP contribution < -0.4 is 19.5 Å². The first-order valence-corrected chi connectivity index (χ1v) is 9.84. The maximum Gasteiger partial charge on any atom is 0.291 e. The molecule has 2 N–H and O–H groups in total. The van der Waals surface area contributed by atoms with E-state index in [-0.39, 0.29) is 34.7 Å². The fourth-order valence-corrected chi connectivity index (χ4v) is 3.91. The van der Waals surface area contributed by atoms with E-state index < -0.39 is 21.5 Å². The van der Waals surface area contributed by atoms with Crippen LogP contribution in [-0.4, -0.2) is 32.4 Å². The number of benzene rings is 1. The van der Waals surface area contributed by atoms with Crippen LogP contribution in [0, 0.1) is 0 Å². The fraction of sp³-hybridized carbons (Fsp3) is 0.333. The molecule has 28 heavy (non-hydrogen) atoms. The van der Waals surface area contributed by atoms with Crippen LogP contribution in [0.2, 0.25) is 0 Å². The Hall–Kier alpha value is -2.85. The molecule has 0 radical (unpaired) electrons. The van der Waals surface area contributed by atoms with E-state index in [1.165, 1.54) is 31.2 Å². The number of nitrogens with one attached hydrogen (secondary N) is 2. The molecule has 1 aromatic heterocycles. The Morgan fingerprint density at radius 3 is 2.32 bits per heavy atom. The van der Waals surface area contributed by atoms with Crippen molar-refractivity contribution in [2.75, 3.05) is 12.1 Å². The summed E-state index contributed by atoms with van der Waals surface area (Å²) in [6, 6.07) is 5.38. The summed E-state index contributed by atoms with van der Waals surface area (Å²) >= 11 is 0. The van der Waals surface area contributed by atoms with E-state index in [9.17, 15) is 18.0 Å². The maximum atomic E-state index is 12.5. The zero-order chi connectivity index (χ0) is 20.7. The lowest BCUT2D eigenvalue weighted by Gasteiger charge is -2.18. The van der Waals surface area contributed by atoms with Gasteiger partial charge < -0.3 is 19.2 Å². The van der Waals surface area contributed by atoms with E-state index in [4.69, 9.17) is 13.9 Å². The Morgan fingerprint density at radius 1 is 1.07 bits per heavy atom. The zero-order valence-electron chi connectivity index (χ0n) is 15.8. The molecule has 0 aliphatic carbocycles. The second kappa shape index (κ2) is 6.95. The monoisotopic (exact) mass is 408 g/mol. The number of ketones is 1. The first kappa shape index (κ1) is 19.9. The number of Topliss-reactive ketones (excluding diaryl/α,β-unsaturated/α-hetero) is 1. The minimum atomic E-state index is -3.92. The largest absolute Gasteiger partial charge is 0.454 e. The lowest BCUT2D eigenvalue weighted by atomic mass is 10.1. The van der Waals surface area contributed by atoms with Gasteiger partial charge in [0.25, 0.3) is 15.9 Å². The first-order chi connectivity index (χ1) is 13.0. The second-order valence-electron chi connectivity index (χ2n) is 7.24. The smallest absolute Gasteiger partial charge is 0.291 e. The van der Waals surface area contributed by atoms with Crippen molar-refractivity contribution in [1.29, 1.82) is 0 Å². The average Bonchev–Trinajstić information content (AvgIpc) is 3.21. The molecule has 0 atom stereocenters. The van der Waals surface area contributed by atoms with Gasteiger partial charge in [0.1, 0.15) is 0 Å². The van der Waals surface area contributed by atoms with Gasteiger partial charge in [0.05, 0.1) is 5.69 Å². The van der Waals surface area contributed by atoms with Crippen molar-refractivity contribution in [2.45, 2.75) is 38.3 Å². The number of amides is 1. The molecule has 0 unspecified atom stereocenters. The Morgan fingerprint density at radius 2 is 1.71 bits per heavy atom. The predicted molar refractivity (Wildman–Crippen MR) is 99.3 cm³/mol. The van der Waals surface area contributed by atoms with Crippen LogP contribution in [-0.2, 0) is 10.0 Å². The highest BCUT2D eigenvalue weighted by Crippen LogP contribution is 2.37. The molecule has 0 fully saturated rings. The molecule has 2 aromatic rings. The summed E-state index contributed by atoms with van der Waals surface area (Å²) in [6.45, 7) is 6.42. The average molecular weight is 408 g/mol. The van der Waals surface area contributed by atoms with Gasteiger partial charge in [-0.05, 0) is 45.9 Å². The molecular weight excluding hydrogens is 388 g/mol. The summed E-state index contributed by atoms with van der Waals surface area (Å²) in [5, 5.41) is 2.16. The standard InChI is InChI=1S/C18H20N2O7S/c1-10(21)11-7-14-15(26-9-25-14)8-12(11)19-17(22)13-5-6-16(27-13)28(23,24)20-18(2,3)4/h5-8,20H,9H2,1-4H3,(H,19,22). The van der Waals surface area contributed by atoms with Crippen LogP contribution in [0.3, 0.4) is 0 Å². The third kappa shape index (κ3) is 4.18. The molecule has 10 heteroatoms. The first-order valence-electron chi connectivity index (χ1n) is 8.36. The summed E-state index contributed by atoms with van der Waals surface area (Å²) in [6.07, 6.45) is 0. The lowest BCUT2D eigenvalue weighted by molar-refractivity contribution is 0.0991. The van der Waals surface area contributed by atoms with E-state index in [2.05, 4.69) is 10.0 Å². The van der Waals surface area contributed by atoms with E-state index >= 15 is 0 Å². The number of fused-ring (bicyclic) bond motifs is 1. The normalized spacial score (nSPS) is 13.4. The Balaban J connectivity index is 1.85. The van der Waals surface area contributed by atoms with Gasteiger partial charge in [0, 0.05) is 17.2 Å². The van der Waals surface area contributed by atoms with Gasteiger partial charge in [0.2, 0.25) is 11.9 Å². The Kier molecular flexibility index (Phi) is 4.94. The molecule has 0 saturated heterocycles. The minimum absolute atomic E-state index is 0.0181. The van der Waals surface area contributed by atoms with Crippen LogP contribution in [0.5, 0.6) is 11.5 Å². The highest BCUT2D eigenvalue weighted by atomic mass is 32.2. The molecular formula is C18H20N2O7S. The molecule has 3 rings (SSSR count). The van der Waals surface area contributed by atoms with Crippen LogP contribution in [0.1, 0.15) is 48.6 Å². The van der Waals surface area contributed by atoms with Crippen molar-refractivity contribution in [3.63, 3.8) is 0 Å². The number of ether oxygens (including phenoxy) is 2. The molecule has 9 nitrogen and oxygen atoms in total. The van der Waals surface area contributed by atoms with Gasteiger partial charge in [-0.25, -0.2) is 13.1 Å². The highest BCUT2D eigenvalue weighted by Gasteiger charge is 2.27. The summed E-state index contributed by atoms with van der Waals surface area (Å²) < 4.78 is 42.8. The number of sulfonamides is 1. The zero-order valence-corrected chi connectivity index (χ0v) is 16.6. The van der Waals surface area contributed by atoms with Crippen molar-refractivity contribution in [3.8, 4) is 11.5 Å². The van der Waals surface area contributed by atoms with Crippen LogP contribution in [0.15, 0.2) is 33.8 Å². The molecule has 150 valence electrons. The molecule has 1 aliphatic rings. The van der Waals surface area contributed by atoms with Crippen LogP contribution in [0.25, 0.3) is 0 Å². The second-order valence-corrected chi connectivity index (χ2v) is 8.85. The van der Waals surface area contributed by atoms with E-state index in [0.717, 1.165) is 0 Å². The van der Waals surface area contributed by atoms with Gasteiger partial charge >= 0.3 is 0 Å². The molecule has 0 bridgehead atoms. The third-order valence-corrected chi connectivity index (χ3v) is 5.28. The highest BCUT2D eigenvalue weighted by molar-refractivity contribution is 7.89. The van der Waals surface area contributed by atoms with Crippen molar-refractivity contribution < 1.29 is 31.9 Å². The van der Waals surface area contributed by atoms with Crippen LogP contribution in [0.4, 0.5) is 5.69 Å². The molecule has 0 saturated carbocycles. The number of rotatable bonds is 5. The number of furan rings is 1. The number of carbonyl (C=O) groups excluding carboxylic acids is 2. The third-order valence-electron chi connectivity index (χ3n) is 3.65. The van der Waals surface area contributed by atoms with E-state index in [0.29, 0.717) is 11.5 Å². The van der Waals surface area contributed by atoms with Gasteiger partial charge in [-0.1, -0.05) is 0 Å². The summed E-state index contributed by atoms with van der Waals surface area (Å²) in [5.74, 6) is -0.425. The fourth-order valence-electron chi connectivity index (χ4n) is 2.56. The van der Waals surface area contributed by atoms with Crippen molar-refractivity contribution >= 4 is 27.4 Å². The van der Waals surface area contributed by atoms with Crippen molar-refractivity contribution in [2.24, 2.45) is 0 Å². The van der Waals surface area contributed by atoms with Gasteiger partial charge in [-0.15, -0.1) is 0 Å². The Labute approximate surface area is 162 Å². The number of anilines is 1. The van der Waals surface area contributed by atoms with E-state index in [1.54, 1.807) is 20.8 Å². The molecule has 1 aromatic carbocycles. The quantitative estimate of drug-likeness (QED) is 0.729. The van der Waals surface area contributed by atoms with Gasteiger partial charge in [-0.2, -0.15) is 0 Å². The SMILES string of the molecule is CC(=O)c1cc2c(cc1NC(=O)c1ccc(S(=O)(=O)NC(C)(C)C)o1)OCO2. The van der Waals surface area contributed by atoms with Gasteiger partial charge in [-0.3, -0.25) is 9.59 Å².